The number of carbonyl (C=O) groups is 1. The third-order valence-electron chi connectivity index (χ3n) is 4.80. The standard InChI is InChI=1S/C22H26N2O4S/c1-6-7-8-14-9-10-16-19(11-14)29-22(24(16)2)23-21(25)15-12-17(26-3)20(28-5)18(13-15)27-4/h9-13H,6-8H2,1-5H3. The molecule has 1 aromatic heterocycles. The van der Waals surface area contributed by atoms with Crippen molar-refractivity contribution in [3.8, 4) is 17.2 Å². The number of hydrogen-bond donors (Lipinski definition) is 0. The van der Waals surface area contributed by atoms with E-state index in [1.807, 2.05) is 11.6 Å². The van der Waals surface area contributed by atoms with Crippen molar-refractivity contribution in [2.75, 3.05) is 21.3 Å². The van der Waals surface area contributed by atoms with E-state index in [1.165, 1.54) is 51.1 Å². The summed E-state index contributed by atoms with van der Waals surface area (Å²) in [7, 11) is 6.49. The molecule has 7 heteroatoms. The molecular weight excluding hydrogens is 388 g/mol. The van der Waals surface area contributed by atoms with Crippen LogP contribution in [0.25, 0.3) is 10.2 Å². The van der Waals surface area contributed by atoms with E-state index in [9.17, 15) is 4.79 Å². The maximum atomic E-state index is 12.9. The van der Waals surface area contributed by atoms with Crippen LogP contribution in [0.3, 0.4) is 0 Å². The van der Waals surface area contributed by atoms with Crippen molar-refractivity contribution in [2.45, 2.75) is 26.2 Å². The van der Waals surface area contributed by atoms with E-state index < -0.39 is 0 Å². The number of amides is 1. The molecule has 0 fully saturated rings. The second kappa shape index (κ2) is 9.13. The topological polar surface area (TPSA) is 62.1 Å². The Labute approximate surface area is 174 Å². The van der Waals surface area contributed by atoms with Gasteiger partial charge in [-0.05, 0) is 42.7 Å². The van der Waals surface area contributed by atoms with Gasteiger partial charge in [0.15, 0.2) is 16.3 Å². The van der Waals surface area contributed by atoms with Crippen LogP contribution >= 0.6 is 11.3 Å². The molecule has 2 aromatic carbocycles. The Bertz CT molecular complexity index is 1070. The van der Waals surface area contributed by atoms with Gasteiger partial charge in [0.05, 0.1) is 31.5 Å². The third kappa shape index (κ3) is 4.29. The molecule has 0 bridgehead atoms. The van der Waals surface area contributed by atoms with Crippen molar-refractivity contribution >= 4 is 27.5 Å². The number of aromatic nitrogens is 1. The van der Waals surface area contributed by atoms with Gasteiger partial charge in [0.25, 0.3) is 5.91 Å². The molecule has 0 saturated carbocycles. The van der Waals surface area contributed by atoms with E-state index in [-0.39, 0.29) is 5.91 Å². The quantitative estimate of drug-likeness (QED) is 0.577. The molecule has 29 heavy (non-hydrogen) atoms. The van der Waals surface area contributed by atoms with E-state index in [0.29, 0.717) is 27.6 Å². The summed E-state index contributed by atoms with van der Waals surface area (Å²) in [6, 6.07) is 9.67. The van der Waals surface area contributed by atoms with Crippen LogP contribution in [0.2, 0.25) is 0 Å². The molecule has 0 aliphatic carbocycles. The minimum absolute atomic E-state index is 0.363. The zero-order valence-electron chi connectivity index (χ0n) is 17.4. The molecule has 0 aliphatic rings. The van der Waals surface area contributed by atoms with Gasteiger partial charge in [0, 0.05) is 12.6 Å². The minimum Gasteiger partial charge on any atom is -0.493 e. The summed E-state index contributed by atoms with van der Waals surface area (Å²) < 4.78 is 19.1. The highest BCUT2D eigenvalue weighted by molar-refractivity contribution is 7.16. The number of benzene rings is 2. The van der Waals surface area contributed by atoms with E-state index in [4.69, 9.17) is 14.2 Å². The average Bonchev–Trinajstić information content (AvgIpc) is 3.05. The van der Waals surface area contributed by atoms with E-state index in [0.717, 1.165) is 16.6 Å². The van der Waals surface area contributed by atoms with Crippen LogP contribution in [0, 0.1) is 0 Å². The summed E-state index contributed by atoms with van der Waals surface area (Å²) >= 11 is 1.51. The Morgan fingerprint density at radius 3 is 2.34 bits per heavy atom. The molecule has 0 N–H and O–H groups in total. The number of ether oxygens (including phenoxy) is 3. The monoisotopic (exact) mass is 414 g/mol. The molecule has 1 heterocycles. The summed E-state index contributed by atoms with van der Waals surface area (Å²) in [5.41, 5.74) is 2.75. The molecule has 154 valence electrons. The van der Waals surface area contributed by atoms with Gasteiger partial charge in [-0.25, -0.2) is 0 Å². The lowest BCUT2D eigenvalue weighted by molar-refractivity contribution is 0.0997. The smallest absolute Gasteiger partial charge is 0.279 e. The number of methoxy groups -OCH3 is 3. The average molecular weight is 415 g/mol. The Morgan fingerprint density at radius 1 is 1.07 bits per heavy atom. The fraction of sp³-hybridized carbons (Fsp3) is 0.364. The summed E-state index contributed by atoms with van der Waals surface area (Å²) in [6.45, 7) is 2.19. The zero-order chi connectivity index (χ0) is 21.0. The first-order chi connectivity index (χ1) is 14.0. The molecule has 0 saturated heterocycles. The van der Waals surface area contributed by atoms with Crippen molar-refractivity contribution in [2.24, 2.45) is 12.0 Å². The fourth-order valence-electron chi connectivity index (χ4n) is 3.18. The molecule has 0 atom stereocenters. The van der Waals surface area contributed by atoms with Gasteiger partial charge in [-0.15, -0.1) is 0 Å². The number of carbonyl (C=O) groups excluding carboxylic acids is 1. The predicted octanol–water partition coefficient (Wildman–Crippen LogP) is 4.35. The fourth-order valence-corrected chi connectivity index (χ4v) is 4.26. The summed E-state index contributed by atoms with van der Waals surface area (Å²) in [6.07, 6.45) is 3.39. The molecular formula is C22H26N2O4S. The molecule has 3 rings (SSSR count). The lowest BCUT2D eigenvalue weighted by Gasteiger charge is -2.12. The van der Waals surface area contributed by atoms with Crippen molar-refractivity contribution < 1.29 is 19.0 Å². The van der Waals surface area contributed by atoms with Gasteiger partial charge in [-0.1, -0.05) is 30.7 Å². The highest BCUT2D eigenvalue weighted by atomic mass is 32.1. The number of unbranched alkanes of at least 4 members (excludes halogenated alkanes) is 1. The number of rotatable bonds is 7. The van der Waals surface area contributed by atoms with E-state index in [1.54, 1.807) is 12.1 Å². The SMILES string of the molecule is CCCCc1ccc2c(c1)sc(=NC(=O)c1cc(OC)c(OC)c(OC)c1)n2C. The molecule has 3 aromatic rings. The van der Waals surface area contributed by atoms with Gasteiger partial charge in [-0.3, -0.25) is 4.79 Å². The van der Waals surface area contributed by atoms with Crippen LogP contribution < -0.4 is 19.0 Å². The lowest BCUT2D eigenvalue weighted by Crippen LogP contribution is -2.13. The van der Waals surface area contributed by atoms with E-state index >= 15 is 0 Å². The predicted molar refractivity (Wildman–Crippen MR) is 115 cm³/mol. The second-order valence-electron chi connectivity index (χ2n) is 6.68. The minimum atomic E-state index is -0.363. The summed E-state index contributed by atoms with van der Waals surface area (Å²) in [4.78, 5) is 17.9. The molecule has 0 spiro atoms. The van der Waals surface area contributed by atoms with Crippen molar-refractivity contribution in [3.05, 3.63) is 46.3 Å². The number of fused-ring (bicyclic) bond motifs is 1. The van der Waals surface area contributed by atoms with Gasteiger partial charge in [0.1, 0.15) is 0 Å². The molecule has 1 amide bonds. The first kappa shape index (κ1) is 20.9. The normalized spacial score (nSPS) is 11.7. The van der Waals surface area contributed by atoms with Crippen molar-refractivity contribution in [1.82, 2.24) is 4.57 Å². The maximum Gasteiger partial charge on any atom is 0.279 e. The highest BCUT2D eigenvalue weighted by Crippen LogP contribution is 2.38. The van der Waals surface area contributed by atoms with Crippen LogP contribution in [0.15, 0.2) is 35.3 Å². The van der Waals surface area contributed by atoms with Gasteiger partial charge in [-0.2, -0.15) is 4.99 Å². The molecule has 0 radical (unpaired) electrons. The Hall–Kier alpha value is -2.80. The molecule has 0 aliphatic heterocycles. The van der Waals surface area contributed by atoms with Crippen LogP contribution in [0.5, 0.6) is 17.2 Å². The highest BCUT2D eigenvalue weighted by Gasteiger charge is 2.17. The maximum absolute atomic E-state index is 12.9. The summed E-state index contributed by atoms with van der Waals surface area (Å²) in [5, 5.41) is 0. The van der Waals surface area contributed by atoms with Crippen LogP contribution in [0.1, 0.15) is 35.7 Å². The number of aryl methyl sites for hydroxylation is 2. The van der Waals surface area contributed by atoms with Crippen molar-refractivity contribution in [3.63, 3.8) is 0 Å². The molecule has 0 unspecified atom stereocenters. The van der Waals surface area contributed by atoms with Gasteiger partial charge < -0.3 is 18.8 Å². The lowest BCUT2D eigenvalue weighted by atomic mass is 10.1. The number of thiazole rings is 1. The van der Waals surface area contributed by atoms with Crippen LogP contribution in [0.4, 0.5) is 0 Å². The summed E-state index contributed by atoms with van der Waals surface area (Å²) in [5.74, 6) is 0.926. The Morgan fingerprint density at radius 2 is 1.76 bits per heavy atom. The van der Waals surface area contributed by atoms with Crippen molar-refractivity contribution in [1.29, 1.82) is 0 Å². The van der Waals surface area contributed by atoms with Gasteiger partial charge >= 0.3 is 0 Å². The largest absolute Gasteiger partial charge is 0.493 e. The number of hydrogen-bond acceptors (Lipinski definition) is 5. The third-order valence-corrected chi connectivity index (χ3v) is 5.90. The van der Waals surface area contributed by atoms with Gasteiger partial charge in [0.2, 0.25) is 5.75 Å². The molecule has 6 nitrogen and oxygen atoms in total. The second-order valence-corrected chi connectivity index (χ2v) is 7.69. The van der Waals surface area contributed by atoms with E-state index in [2.05, 4.69) is 30.1 Å². The van der Waals surface area contributed by atoms with Crippen LogP contribution in [-0.4, -0.2) is 31.8 Å². The Balaban J connectivity index is 2.02. The first-order valence-electron chi connectivity index (χ1n) is 9.49. The zero-order valence-corrected chi connectivity index (χ0v) is 18.3. The van der Waals surface area contributed by atoms with Crippen LogP contribution in [-0.2, 0) is 13.5 Å². The number of nitrogens with zero attached hydrogens (tertiary/aromatic N) is 2. The first-order valence-corrected chi connectivity index (χ1v) is 10.3. The Kier molecular flexibility index (Phi) is 6.59.